The van der Waals surface area contributed by atoms with E-state index >= 15 is 0 Å². The lowest BCUT2D eigenvalue weighted by molar-refractivity contribution is -0.120. The third kappa shape index (κ3) is 5.06. The minimum atomic E-state index is -3.73. The molecule has 3 heterocycles. The Labute approximate surface area is 195 Å². The second-order valence-electron chi connectivity index (χ2n) is 7.65. The number of aromatic nitrogens is 2. The SMILES string of the molecule is CC(C)Sc1ccc(-c2nnc(NC(=O)C3CCCCN3S(=O)(=O)c3cccs3)o2)cc1. The highest BCUT2D eigenvalue weighted by molar-refractivity contribution is 7.99. The van der Waals surface area contributed by atoms with Crippen molar-refractivity contribution in [2.24, 2.45) is 0 Å². The van der Waals surface area contributed by atoms with Crippen LogP contribution in [0.5, 0.6) is 0 Å². The minimum Gasteiger partial charge on any atom is -0.403 e. The van der Waals surface area contributed by atoms with Crippen molar-refractivity contribution in [3.63, 3.8) is 0 Å². The number of hydrogen-bond donors (Lipinski definition) is 1. The van der Waals surface area contributed by atoms with E-state index in [-0.39, 0.29) is 16.1 Å². The first kappa shape index (κ1) is 23.0. The Kier molecular flexibility index (Phi) is 6.99. The lowest BCUT2D eigenvalue weighted by Gasteiger charge is -2.32. The number of thioether (sulfide) groups is 1. The molecule has 8 nitrogen and oxygen atoms in total. The molecule has 4 rings (SSSR count). The first-order chi connectivity index (χ1) is 15.3. The van der Waals surface area contributed by atoms with E-state index < -0.39 is 22.0 Å². The number of carbonyl (C=O) groups is 1. The summed E-state index contributed by atoms with van der Waals surface area (Å²) in [4.78, 5) is 14.1. The van der Waals surface area contributed by atoms with Gasteiger partial charge in [0.05, 0.1) is 0 Å². The minimum absolute atomic E-state index is 0.0512. The van der Waals surface area contributed by atoms with Crippen LogP contribution in [0.25, 0.3) is 11.5 Å². The molecule has 0 radical (unpaired) electrons. The number of carbonyl (C=O) groups excluding carboxylic acids is 1. The van der Waals surface area contributed by atoms with Crippen molar-refractivity contribution in [3.8, 4) is 11.5 Å². The Hall–Kier alpha value is -2.21. The predicted molar refractivity (Wildman–Crippen MR) is 125 cm³/mol. The number of benzene rings is 1. The molecule has 2 aromatic heterocycles. The van der Waals surface area contributed by atoms with E-state index in [4.69, 9.17) is 4.42 Å². The van der Waals surface area contributed by atoms with Gasteiger partial charge in [0.25, 0.3) is 10.0 Å². The van der Waals surface area contributed by atoms with Gasteiger partial charge in [-0.05, 0) is 48.6 Å². The number of piperidine rings is 1. The highest BCUT2D eigenvalue weighted by atomic mass is 32.2. The quantitative estimate of drug-likeness (QED) is 0.485. The summed E-state index contributed by atoms with van der Waals surface area (Å²) in [6.07, 6.45) is 1.92. The highest BCUT2D eigenvalue weighted by Gasteiger charge is 2.38. The summed E-state index contributed by atoms with van der Waals surface area (Å²) in [5.74, 6) is -0.184. The number of amides is 1. The zero-order chi connectivity index (χ0) is 22.7. The summed E-state index contributed by atoms with van der Waals surface area (Å²) < 4.78 is 33.1. The van der Waals surface area contributed by atoms with E-state index in [1.165, 1.54) is 4.31 Å². The van der Waals surface area contributed by atoms with Gasteiger partial charge in [0.15, 0.2) is 0 Å². The molecule has 0 saturated carbocycles. The van der Waals surface area contributed by atoms with Gasteiger partial charge in [-0.2, -0.15) is 4.31 Å². The third-order valence-corrected chi connectivity index (χ3v) is 9.24. The van der Waals surface area contributed by atoms with Gasteiger partial charge < -0.3 is 4.42 Å². The van der Waals surface area contributed by atoms with Crippen LogP contribution < -0.4 is 5.32 Å². The van der Waals surface area contributed by atoms with E-state index in [0.29, 0.717) is 24.6 Å². The molecule has 11 heteroatoms. The maximum Gasteiger partial charge on any atom is 0.322 e. The molecule has 1 aromatic carbocycles. The van der Waals surface area contributed by atoms with Crippen molar-refractivity contribution in [2.75, 3.05) is 11.9 Å². The smallest absolute Gasteiger partial charge is 0.322 e. The van der Waals surface area contributed by atoms with Gasteiger partial charge in [-0.3, -0.25) is 10.1 Å². The summed E-state index contributed by atoms with van der Waals surface area (Å²) in [5, 5.41) is 12.7. The Balaban J connectivity index is 1.47. The Morgan fingerprint density at radius 2 is 2.00 bits per heavy atom. The zero-order valence-corrected chi connectivity index (χ0v) is 20.2. The average molecular weight is 493 g/mol. The average Bonchev–Trinajstić information content (AvgIpc) is 3.47. The summed E-state index contributed by atoms with van der Waals surface area (Å²) in [5.41, 5.74) is 0.741. The number of rotatable bonds is 7. The van der Waals surface area contributed by atoms with Gasteiger partial charge in [-0.25, -0.2) is 8.42 Å². The Morgan fingerprint density at radius 1 is 1.22 bits per heavy atom. The zero-order valence-electron chi connectivity index (χ0n) is 17.7. The molecule has 170 valence electrons. The van der Waals surface area contributed by atoms with E-state index in [2.05, 4.69) is 29.4 Å². The molecule has 1 fully saturated rings. The molecule has 1 N–H and O–H groups in total. The number of hydrogen-bond acceptors (Lipinski definition) is 8. The topological polar surface area (TPSA) is 105 Å². The molecule has 32 heavy (non-hydrogen) atoms. The summed E-state index contributed by atoms with van der Waals surface area (Å²) in [6.45, 7) is 4.56. The number of nitrogens with one attached hydrogen (secondary N) is 1. The van der Waals surface area contributed by atoms with Crippen LogP contribution in [0.2, 0.25) is 0 Å². The van der Waals surface area contributed by atoms with E-state index in [1.807, 2.05) is 24.3 Å². The van der Waals surface area contributed by atoms with Crippen LogP contribution in [0, 0.1) is 0 Å². The van der Waals surface area contributed by atoms with Crippen molar-refractivity contribution in [3.05, 3.63) is 41.8 Å². The molecule has 1 saturated heterocycles. The van der Waals surface area contributed by atoms with Gasteiger partial charge in [-0.15, -0.1) is 28.2 Å². The normalized spacial score (nSPS) is 17.5. The number of nitrogens with zero attached hydrogens (tertiary/aromatic N) is 3. The monoisotopic (exact) mass is 492 g/mol. The van der Waals surface area contributed by atoms with Crippen molar-refractivity contribution in [1.82, 2.24) is 14.5 Å². The van der Waals surface area contributed by atoms with E-state index in [1.54, 1.807) is 29.3 Å². The largest absolute Gasteiger partial charge is 0.403 e. The molecule has 1 unspecified atom stereocenters. The fraction of sp³-hybridized carbons (Fsp3) is 0.381. The first-order valence-electron chi connectivity index (χ1n) is 10.3. The Morgan fingerprint density at radius 3 is 2.69 bits per heavy atom. The van der Waals surface area contributed by atoms with Gasteiger partial charge >= 0.3 is 6.01 Å². The van der Waals surface area contributed by atoms with Gasteiger partial charge in [0, 0.05) is 22.3 Å². The summed E-state index contributed by atoms with van der Waals surface area (Å²) >= 11 is 2.90. The third-order valence-electron chi connectivity index (χ3n) is 4.94. The molecule has 0 aliphatic carbocycles. The first-order valence-corrected chi connectivity index (χ1v) is 13.5. The van der Waals surface area contributed by atoms with E-state index in [9.17, 15) is 13.2 Å². The number of thiophene rings is 1. The van der Waals surface area contributed by atoms with Crippen molar-refractivity contribution < 1.29 is 17.6 Å². The molecule has 0 spiro atoms. The lowest BCUT2D eigenvalue weighted by Crippen LogP contribution is -2.49. The molecule has 1 aliphatic rings. The van der Waals surface area contributed by atoms with Crippen molar-refractivity contribution in [2.45, 2.75) is 53.5 Å². The van der Waals surface area contributed by atoms with Crippen LogP contribution in [-0.4, -0.2) is 46.7 Å². The number of anilines is 1. The molecule has 1 atom stereocenters. The molecule has 0 bridgehead atoms. The van der Waals surface area contributed by atoms with Gasteiger partial charge in [0.1, 0.15) is 10.3 Å². The maximum absolute atomic E-state index is 13.0. The van der Waals surface area contributed by atoms with Crippen LogP contribution in [-0.2, 0) is 14.8 Å². The van der Waals surface area contributed by atoms with Gasteiger partial charge in [-0.1, -0.05) is 31.4 Å². The molecule has 1 amide bonds. The fourth-order valence-corrected chi connectivity index (χ4v) is 7.12. The Bertz CT molecular complexity index is 1160. The van der Waals surface area contributed by atoms with Crippen molar-refractivity contribution >= 4 is 45.0 Å². The molecular weight excluding hydrogens is 468 g/mol. The predicted octanol–water partition coefficient (Wildman–Crippen LogP) is 4.48. The lowest BCUT2D eigenvalue weighted by atomic mass is 10.0. The summed E-state index contributed by atoms with van der Waals surface area (Å²) in [6, 6.07) is 10.1. The number of sulfonamides is 1. The highest BCUT2D eigenvalue weighted by Crippen LogP contribution is 2.29. The molecule has 1 aliphatic heterocycles. The fourth-order valence-electron chi connectivity index (χ4n) is 3.51. The van der Waals surface area contributed by atoms with Crippen LogP contribution in [0.3, 0.4) is 0 Å². The molecule has 3 aromatic rings. The molecular formula is C21H24N4O4S3. The second kappa shape index (κ2) is 9.74. The van der Waals surface area contributed by atoms with Gasteiger partial charge in [0.2, 0.25) is 11.8 Å². The summed E-state index contributed by atoms with van der Waals surface area (Å²) in [7, 11) is -3.73. The van der Waals surface area contributed by atoms with Crippen LogP contribution in [0.15, 0.2) is 55.3 Å². The second-order valence-corrected chi connectivity index (χ2v) is 12.4. The van der Waals surface area contributed by atoms with Crippen molar-refractivity contribution in [1.29, 1.82) is 0 Å². The maximum atomic E-state index is 13.0. The van der Waals surface area contributed by atoms with Crippen LogP contribution >= 0.6 is 23.1 Å². The van der Waals surface area contributed by atoms with E-state index in [0.717, 1.165) is 28.2 Å². The standard InChI is InChI=1S/C21H24N4O4S3/c1-14(2)31-16-10-8-15(9-11-16)20-23-24-21(29-20)22-19(26)17-6-3-4-12-25(17)32(27,28)18-7-5-13-30-18/h5,7-11,13-14,17H,3-4,6,12H2,1-2H3,(H,22,24,26). The van der Waals surface area contributed by atoms with Crippen LogP contribution in [0.1, 0.15) is 33.1 Å². The van der Waals surface area contributed by atoms with Crippen LogP contribution in [0.4, 0.5) is 6.01 Å².